The number of halogens is 1. The van der Waals surface area contributed by atoms with Gasteiger partial charge in [0.05, 0.1) is 0 Å². The number of nitrogens with zero attached hydrogens (tertiary/aromatic N) is 1. The molecular weight excluding hydrogens is 359 g/mol. The van der Waals surface area contributed by atoms with Crippen LogP contribution in [0.3, 0.4) is 0 Å². The maximum absolute atomic E-state index is 13.0. The van der Waals surface area contributed by atoms with E-state index in [-0.39, 0.29) is 11.7 Å². The number of hydrogen-bond acceptors (Lipinski definition) is 3. The first-order chi connectivity index (χ1) is 13.0. The van der Waals surface area contributed by atoms with Crippen molar-refractivity contribution in [3.05, 3.63) is 88.2 Å². The number of nitrogens with one attached hydrogen (secondary N) is 1. The van der Waals surface area contributed by atoms with Gasteiger partial charge in [0, 0.05) is 23.6 Å². The van der Waals surface area contributed by atoms with Crippen LogP contribution < -0.4 is 5.32 Å². The van der Waals surface area contributed by atoms with Crippen molar-refractivity contribution in [3.63, 3.8) is 0 Å². The molecule has 1 aromatic heterocycles. The molecule has 0 atom stereocenters. The molecule has 3 rings (SSSR count). The second kappa shape index (κ2) is 8.73. The average molecular weight is 380 g/mol. The topological polar surface area (TPSA) is 42.0 Å². The Labute approximate surface area is 162 Å². The van der Waals surface area contributed by atoms with Gasteiger partial charge < -0.3 is 0 Å². The highest BCUT2D eigenvalue weighted by Crippen LogP contribution is 2.21. The van der Waals surface area contributed by atoms with Crippen LogP contribution in [0.2, 0.25) is 0 Å². The van der Waals surface area contributed by atoms with Gasteiger partial charge in [-0.3, -0.25) is 10.1 Å². The zero-order valence-corrected chi connectivity index (χ0v) is 16.1. The molecule has 0 aliphatic rings. The lowest BCUT2D eigenvalue weighted by molar-refractivity contribution is -0.111. The molecule has 0 saturated heterocycles. The predicted molar refractivity (Wildman–Crippen MR) is 110 cm³/mol. The van der Waals surface area contributed by atoms with Crippen LogP contribution in [0.4, 0.5) is 9.52 Å². The number of hydrogen-bond donors (Lipinski definition) is 1. The van der Waals surface area contributed by atoms with Gasteiger partial charge in [-0.2, -0.15) is 0 Å². The molecule has 0 spiro atoms. The van der Waals surface area contributed by atoms with Gasteiger partial charge in [0.1, 0.15) is 5.82 Å². The van der Waals surface area contributed by atoms with Gasteiger partial charge in [-0.05, 0) is 40.8 Å². The Hall–Kier alpha value is -2.79. The summed E-state index contributed by atoms with van der Waals surface area (Å²) in [5, 5.41) is 3.33. The quantitative estimate of drug-likeness (QED) is 0.562. The van der Waals surface area contributed by atoms with Crippen molar-refractivity contribution in [1.29, 1.82) is 0 Å². The second-order valence-corrected chi connectivity index (χ2v) is 7.69. The van der Waals surface area contributed by atoms with Crippen LogP contribution in [-0.4, -0.2) is 10.9 Å². The molecule has 1 amide bonds. The van der Waals surface area contributed by atoms with E-state index >= 15 is 0 Å². The van der Waals surface area contributed by atoms with Gasteiger partial charge >= 0.3 is 0 Å². The molecule has 3 nitrogen and oxygen atoms in total. The summed E-state index contributed by atoms with van der Waals surface area (Å²) in [6.07, 6.45) is 5.68. The van der Waals surface area contributed by atoms with Crippen molar-refractivity contribution < 1.29 is 9.18 Å². The second-order valence-electron chi connectivity index (χ2n) is 6.58. The van der Waals surface area contributed by atoms with Gasteiger partial charge in [-0.25, -0.2) is 9.37 Å². The van der Waals surface area contributed by atoms with Crippen LogP contribution in [-0.2, 0) is 11.2 Å². The summed E-state index contributed by atoms with van der Waals surface area (Å²) < 4.78 is 13.0. The minimum Gasteiger partial charge on any atom is -0.298 e. The Balaban J connectivity index is 1.56. The Kier molecular flexibility index (Phi) is 6.14. The van der Waals surface area contributed by atoms with E-state index in [1.807, 2.05) is 12.1 Å². The van der Waals surface area contributed by atoms with Gasteiger partial charge in [0.2, 0.25) is 5.91 Å². The smallest absolute Gasteiger partial charge is 0.250 e. The Bertz CT molecular complexity index is 928. The number of carbonyl (C=O) groups is 1. The fraction of sp³-hybridized carbons (Fsp3) is 0.182. The van der Waals surface area contributed by atoms with Crippen LogP contribution in [0.25, 0.3) is 6.08 Å². The summed E-state index contributed by atoms with van der Waals surface area (Å²) >= 11 is 1.42. The van der Waals surface area contributed by atoms with Crippen LogP contribution in [0.15, 0.2) is 60.8 Å². The van der Waals surface area contributed by atoms with Crippen LogP contribution in [0, 0.1) is 5.82 Å². The van der Waals surface area contributed by atoms with Crippen LogP contribution in [0.1, 0.15) is 41.3 Å². The monoisotopic (exact) mass is 380 g/mol. The largest absolute Gasteiger partial charge is 0.298 e. The maximum atomic E-state index is 13.0. The summed E-state index contributed by atoms with van der Waals surface area (Å²) in [4.78, 5) is 17.3. The van der Waals surface area contributed by atoms with Gasteiger partial charge in [-0.15, -0.1) is 11.3 Å². The van der Waals surface area contributed by atoms with Crippen LogP contribution >= 0.6 is 11.3 Å². The molecule has 0 aliphatic heterocycles. The third-order valence-corrected chi connectivity index (χ3v) is 5.02. The molecule has 0 radical (unpaired) electrons. The highest BCUT2D eigenvalue weighted by atomic mass is 32.1. The van der Waals surface area contributed by atoms with Crippen molar-refractivity contribution in [2.45, 2.75) is 26.2 Å². The van der Waals surface area contributed by atoms with E-state index < -0.39 is 0 Å². The molecule has 3 aromatic rings. The number of thiazole rings is 1. The fourth-order valence-electron chi connectivity index (χ4n) is 2.56. The number of rotatable bonds is 6. The minimum absolute atomic E-state index is 0.217. The first-order valence-electron chi connectivity index (χ1n) is 8.78. The Morgan fingerprint density at radius 2 is 1.85 bits per heavy atom. The zero-order chi connectivity index (χ0) is 19.2. The first-order valence-corrected chi connectivity index (χ1v) is 9.59. The summed E-state index contributed by atoms with van der Waals surface area (Å²) in [5.41, 5.74) is 3.25. The molecule has 0 saturated carbocycles. The lowest BCUT2D eigenvalue weighted by atomic mass is 10.0. The van der Waals surface area contributed by atoms with Gasteiger partial charge in [-0.1, -0.05) is 50.2 Å². The van der Waals surface area contributed by atoms with E-state index in [1.54, 1.807) is 24.4 Å². The molecule has 0 fully saturated rings. The molecule has 0 unspecified atom stereocenters. The van der Waals surface area contributed by atoms with Crippen molar-refractivity contribution in [2.24, 2.45) is 0 Å². The SMILES string of the molecule is CC(C)c1ccc(/C=C/C(=O)Nc2ncc(Cc3ccc(F)cc3)s2)cc1. The van der Waals surface area contributed by atoms with Gasteiger partial charge in [0.25, 0.3) is 0 Å². The van der Waals surface area contributed by atoms with E-state index in [0.717, 1.165) is 16.0 Å². The van der Waals surface area contributed by atoms with E-state index in [4.69, 9.17) is 0 Å². The first kappa shape index (κ1) is 19.0. The number of benzene rings is 2. The van der Waals surface area contributed by atoms with E-state index in [1.165, 1.54) is 35.1 Å². The Morgan fingerprint density at radius 3 is 2.52 bits per heavy atom. The standard InChI is InChI=1S/C22H21FN2OS/c1-15(2)18-8-3-16(4-9-18)7-12-21(26)25-22-24-14-20(27-22)13-17-5-10-19(23)11-6-17/h3-12,14-15H,13H2,1-2H3,(H,24,25,26)/b12-7+. The Morgan fingerprint density at radius 1 is 1.15 bits per heavy atom. The van der Waals surface area contributed by atoms with Crippen molar-refractivity contribution in [2.75, 3.05) is 5.32 Å². The lowest BCUT2D eigenvalue weighted by Gasteiger charge is -2.04. The van der Waals surface area contributed by atoms with E-state index in [9.17, 15) is 9.18 Å². The number of anilines is 1. The lowest BCUT2D eigenvalue weighted by Crippen LogP contribution is -2.07. The summed E-state index contributed by atoms with van der Waals surface area (Å²) in [5.74, 6) is 0.0209. The predicted octanol–water partition coefficient (Wildman–Crippen LogP) is 5.65. The highest BCUT2D eigenvalue weighted by molar-refractivity contribution is 7.15. The average Bonchev–Trinajstić information content (AvgIpc) is 3.09. The maximum Gasteiger partial charge on any atom is 0.250 e. The number of aromatic nitrogens is 1. The van der Waals surface area contributed by atoms with E-state index in [0.29, 0.717) is 17.5 Å². The molecular formula is C22H21FN2OS. The van der Waals surface area contributed by atoms with Crippen molar-refractivity contribution in [1.82, 2.24) is 4.98 Å². The third kappa shape index (κ3) is 5.59. The normalized spacial score (nSPS) is 11.3. The van der Waals surface area contributed by atoms with Crippen molar-refractivity contribution in [3.8, 4) is 0 Å². The molecule has 138 valence electrons. The number of amides is 1. The van der Waals surface area contributed by atoms with Crippen molar-refractivity contribution >= 4 is 28.5 Å². The molecule has 1 N–H and O–H groups in total. The molecule has 0 bridgehead atoms. The molecule has 0 aliphatic carbocycles. The summed E-state index contributed by atoms with van der Waals surface area (Å²) in [6, 6.07) is 14.5. The molecule has 27 heavy (non-hydrogen) atoms. The molecule has 1 heterocycles. The molecule has 2 aromatic carbocycles. The zero-order valence-electron chi connectivity index (χ0n) is 15.3. The molecule has 5 heteroatoms. The number of carbonyl (C=O) groups excluding carboxylic acids is 1. The summed E-state index contributed by atoms with van der Waals surface area (Å²) in [7, 11) is 0. The fourth-order valence-corrected chi connectivity index (χ4v) is 3.41. The van der Waals surface area contributed by atoms with E-state index in [2.05, 4.69) is 36.3 Å². The third-order valence-electron chi connectivity index (χ3n) is 4.11. The van der Waals surface area contributed by atoms with Gasteiger partial charge in [0.15, 0.2) is 5.13 Å². The summed E-state index contributed by atoms with van der Waals surface area (Å²) in [6.45, 7) is 4.30. The highest BCUT2D eigenvalue weighted by Gasteiger charge is 2.06. The minimum atomic E-state index is -0.248. The van der Waals surface area contributed by atoms with Crippen LogP contribution in [0.5, 0.6) is 0 Å².